The zero-order valence-corrected chi connectivity index (χ0v) is 6.38. The summed E-state index contributed by atoms with van der Waals surface area (Å²) in [4.78, 5) is 0. The lowest BCUT2D eigenvalue weighted by atomic mass is 10.3. The van der Waals surface area contributed by atoms with Gasteiger partial charge in [-0.05, 0) is 29.3 Å². The van der Waals surface area contributed by atoms with Crippen molar-refractivity contribution in [2.24, 2.45) is 0 Å². The van der Waals surface area contributed by atoms with Gasteiger partial charge in [-0.1, -0.05) is 0 Å². The summed E-state index contributed by atoms with van der Waals surface area (Å²) < 4.78 is 0. The van der Waals surface area contributed by atoms with E-state index in [1.165, 1.54) is 5.56 Å². The summed E-state index contributed by atoms with van der Waals surface area (Å²) >= 11 is 1.74. The van der Waals surface area contributed by atoms with Crippen molar-refractivity contribution in [3.8, 4) is 0 Å². The molecule has 1 heterocycles. The summed E-state index contributed by atoms with van der Waals surface area (Å²) in [6.45, 7) is 2.09. The Balaban J connectivity index is 0.000000180. The first-order valence-electron chi connectivity index (χ1n) is 2.66. The van der Waals surface area contributed by atoms with Gasteiger partial charge in [-0.2, -0.15) is 11.3 Å². The quantitative estimate of drug-likeness (QED) is 0.468. The Hall–Kier alpha value is -0.355. The number of hydrogen-bond acceptors (Lipinski definition) is 4. The molecule has 1 aromatic rings. The molecule has 1 rings (SSSR count). The maximum atomic E-state index is 7.17. The van der Waals surface area contributed by atoms with E-state index in [-0.39, 0.29) is 0 Å². The molecular weight excluding hydrogens is 151 g/mol. The second-order valence-corrected chi connectivity index (χ2v) is 2.43. The zero-order valence-electron chi connectivity index (χ0n) is 5.56. The third-order valence-electron chi connectivity index (χ3n) is 0.663. The number of aryl methyl sites for hydroxylation is 1. The van der Waals surface area contributed by atoms with E-state index in [1.807, 2.05) is 0 Å². The minimum atomic E-state index is -2.17. The third kappa shape index (κ3) is 7.64. The van der Waals surface area contributed by atoms with Crippen LogP contribution >= 0.6 is 11.3 Å². The second-order valence-electron chi connectivity index (χ2n) is 1.65. The first-order valence-corrected chi connectivity index (χ1v) is 3.60. The van der Waals surface area contributed by atoms with E-state index < -0.39 is 7.32 Å². The third-order valence-corrected chi connectivity index (χ3v) is 1.46. The monoisotopic (exact) mass is 160 g/mol. The van der Waals surface area contributed by atoms with Gasteiger partial charge in [0.1, 0.15) is 0 Å². The summed E-state index contributed by atoms with van der Waals surface area (Å²) in [6, 6.07) is 2.10. The molecule has 0 aliphatic rings. The van der Waals surface area contributed by atoms with Crippen molar-refractivity contribution < 1.29 is 15.1 Å². The Bertz CT molecular complexity index is 149. The van der Waals surface area contributed by atoms with Gasteiger partial charge >= 0.3 is 7.32 Å². The van der Waals surface area contributed by atoms with Gasteiger partial charge in [0, 0.05) is 0 Å². The van der Waals surface area contributed by atoms with Gasteiger partial charge in [0.2, 0.25) is 0 Å². The lowest BCUT2D eigenvalue weighted by Gasteiger charge is -1.69. The van der Waals surface area contributed by atoms with Crippen molar-refractivity contribution in [2.75, 3.05) is 0 Å². The Morgan fingerprint density at radius 2 is 1.90 bits per heavy atom. The van der Waals surface area contributed by atoms with E-state index in [0.717, 1.165) is 0 Å². The molecule has 0 saturated heterocycles. The van der Waals surface area contributed by atoms with Gasteiger partial charge in [-0.25, -0.2) is 0 Å². The SMILES string of the molecule is Cc1ccsc1.OB(O)O. The van der Waals surface area contributed by atoms with Gasteiger partial charge in [-0.15, -0.1) is 0 Å². The molecule has 56 valence electrons. The van der Waals surface area contributed by atoms with Crippen LogP contribution in [-0.4, -0.2) is 22.4 Å². The van der Waals surface area contributed by atoms with Gasteiger partial charge in [0.15, 0.2) is 0 Å². The zero-order chi connectivity index (χ0) is 7.98. The van der Waals surface area contributed by atoms with Crippen LogP contribution in [0.3, 0.4) is 0 Å². The maximum Gasteiger partial charge on any atom is 0.631 e. The fourth-order valence-corrected chi connectivity index (χ4v) is 0.998. The molecule has 0 aromatic carbocycles. The van der Waals surface area contributed by atoms with Crippen LogP contribution < -0.4 is 0 Å². The molecule has 0 aliphatic heterocycles. The lowest BCUT2D eigenvalue weighted by molar-refractivity contribution is 0.278. The molecule has 3 nitrogen and oxygen atoms in total. The van der Waals surface area contributed by atoms with Crippen molar-refractivity contribution in [1.82, 2.24) is 0 Å². The summed E-state index contributed by atoms with van der Waals surface area (Å²) in [5.41, 5.74) is 1.36. The smallest absolute Gasteiger partial charge is 0.402 e. The van der Waals surface area contributed by atoms with Crippen LogP contribution in [0.2, 0.25) is 0 Å². The van der Waals surface area contributed by atoms with Gasteiger partial charge in [-0.3, -0.25) is 0 Å². The van der Waals surface area contributed by atoms with Crippen LogP contribution in [0.4, 0.5) is 0 Å². The molecule has 0 atom stereocenters. The van der Waals surface area contributed by atoms with E-state index in [9.17, 15) is 0 Å². The minimum Gasteiger partial charge on any atom is -0.402 e. The van der Waals surface area contributed by atoms with Crippen molar-refractivity contribution in [2.45, 2.75) is 6.92 Å². The highest BCUT2D eigenvalue weighted by molar-refractivity contribution is 7.07. The van der Waals surface area contributed by atoms with Gasteiger partial charge < -0.3 is 15.1 Å². The van der Waals surface area contributed by atoms with Crippen molar-refractivity contribution in [3.05, 3.63) is 22.4 Å². The number of thiophene rings is 1. The molecule has 0 bridgehead atoms. The fraction of sp³-hybridized carbons (Fsp3) is 0.200. The van der Waals surface area contributed by atoms with E-state index in [0.29, 0.717) is 0 Å². The molecule has 0 aliphatic carbocycles. The predicted molar refractivity (Wildman–Crippen MR) is 41.5 cm³/mol. The summed E-state index contributed by atoms with van der Waals surface area (Å²) in [5, 5.41) is 25.7. The molecule has 3 N–H and O–H groups in total. The fourth-order valence-electron chi connectivity index (χ4n) is 0.333. The molecule has 0 unspecified atom stereocenters. The van der Waals surface area contributed by atoms with E-state index in [2.05, 4.69) is 23.8 Å². The van der Waals surface area contributed by atoms with Crippen molar-refractivity contribution >= 4 is 18.7 Å². The van der Waals surface area contributed by atoms with E-state index >= 15 is 0 Å². The standard InChI is InChI=1S/C5H6S.BH3O3/c1-5-2-3-6-4-5;2-1(3)4/h2-4H,1H3;2-4H. The summed E-state index contributed by atoms with van der Waals surface area (Å²) in [7, 11) is -2.17. The molecule has 5 heteroatoms. The Morgan fingerprint density at radius 3 is 2.00 bits per heavy atom. The van der Waals surface area contributed by atoms with Gasteiger partial charge in [0.25, 0.3) is 0 Å². The van der Waals surface area contributed by atoms with Crippen LogP contribution in [-0.2, 0) is 0 Å². The van der Waals surface area contributed by atoms with Crippen LogP contribution in [0.15, 0.2) is 16.8 Å². The van der Waals surface area contributed by atoms with Crippen LogP contribution in [0.1, 0.15) is 5.56 Å². The maximum absolute atomic E-state index is 7.17. The number of rotatable bonds is 0. The number of hydrogen-bond donors (Lipinski definition) is 3. The summed E-state index contributed by atoms with van der Waals surface area (Å²) in [5.74, 6) is 0. The van der Waals surface area contributed by atoms with E-state index in [1.54, 1.807) is 11.3 Å². The molecule has 0 saturated carbocycles. The molecule has 0 radical (unpaired) electrons. The molecule has 10 heavy (non-hydrogen) atoms. The first kappa shape index (κ1) is 9.64. The molecule has 0 spiro atoms. The Morgan fingerprint density at radius 1 is 1.40 bits per heavy atom. The van der Waals surface area contributed by atoms with Crippen molar-refractivity contribution in [1.29, 1.82) is 0 Å². The largest absolute Gasteiger partial charge is 0.631 e. The second kappa shape index (κ2) is 5.43. The normalized spacial score (nSPS) is 8.00. The van der Waals surface area contributed by atoms with E-state index in [4.69, 9.17) is 15.1 Å². The Kier molecular flexibility index (Phi) is 5.24. The first-order chi connectivity index (χ1) is 4.63. The lowest BCUT2D eigenvalue weighted by Crippen LogP contribution is -2.07. The predicted octanol–water partition coefficient (Wildman–Crippen LogP) is 0.00472. The topological polar surface area (TPSA) is 60.7 Å². The average molecular weight is 160 g/mol. The van der Waals surface area contributed by atoms with Crippen LogP contribution in [0.25, 0.3) is 0 Å². The summed E-state index contributed by atoms with van der Waals surface area (Å²) in [6.07, 6.45) is 0. The highest BCUT2D eigenvalue weighted by Crippen LogP contribution is 2.01. The van der Waals surface area contributed by atoms with Crippen LogP contribution in [0.5, 0.6) is 0 Å². The Labute approximate surface area is 63.8 Å². The molecule has 0 fully saturated rings. The van der Waals surface area contributed by atoms with Gasteiger partial charge in [0.05, 0.1) is 0 Å². The minimum absolute atomic E-state index is 1.36. The molecule has 1 aromatic heterocycles. The van der Waals surface area contributed by atoms with Crippen molar-refractivity contribution in [3.63, 3.8) is 0 Å². The average Bonchev–Trinajstić information content (AvgIpc) is 2.15. The van der Waals surface area contributed by atoms with Crippen LogP contribution in [0, 0.1) is 6.92 Å². The molecule has 0 amide bonds. The highest BCUT2D eigenvalue weighted by Gasteiger charge is 1.92. The molecular formula is C5H9BO3S. The highest BCUT2D eigenvalue weighted by atomic mass is 32.1.